The number of nitrogens with zero attached hydrogens (tertiary/aromatic N) is 3. The molecule has 3 rings (SSSR count). The summed E-state index contributed by atoms with van der Waals surface area (Å²) in [7, 11) is 1.23. The number of primary amides is 1. The van der Waals surface area contributed by atoms with Gasteiger partial charge in [0.2, 0.25) is 5.91 Å². The maximum absolute atomic E-state index is 12.7. The first-order valence-corrected chi connectivity index (χ1v) is 12.7. The molecule has 2 amide bonds. The molecule has 0 aromatic carbocycles. The van der Waals surface area contributed by atoms with Gasteiger partial charge in [-0.2, -0.15) is 0 Å². The number of thiophene rings is 2. The lowest BCUT2D eigenvalue weighted by Gasteiger charge is -2.13. The van der Waals surface area contributed by atoms with Gasteiger partial charge in [0.15, 0.2) is 11.0 Å². The monoisotopic (exact) mass is 507 g/mol. The van der Waals surface area contributed by atoms with Gasteiger partial charge in [-0.1, -0.05) is 11.8 Å². The van der Waals surface area contributed by atoms with Gasteiger partial charge in [-0.25, -0.2) is 4.79 Å². The predicted octanol–water partition coefficient (Wildman–Crippen LogP) is 4.19. The number of methoxy groups -OCH3 is 1. The van der Waals surface area contributed by atoms with Gasteiger partial charge in [-0.3, -0.25) is 14.2 Å². The number of hydrogen-bond acceptors (Lipinski definition) is 9. The van der Waals surface area contributed by atoms with Crippen LogP contribution in [0.3, 0.4) is 0 Å². The maximum atomic E-state index is 12.7. The van der Waals surface area contributed by atoms with Crippen molar-refractivity contribution in [3.05, 3.63) is 31.8 Å². The van der Waals surface area contributed by atoms with Crippen LogP contribution in [0.5, 0.6) is 0 Å². The number of aromatic nitrogens is 3. The molecule has 0 aliphatic carbocycles. The van der Waals surface area contributed by atoms with E-state index in [1.54, 1.807) is 18.3 Å². The molecule has 176 valence electrons. The van der Waals surface area contributed by atoms with E-state index in [2.05, 4.69) is 34.7 Å². The number of nitrogens with one attached hydrogen (secondary N) is 1. The lowest BCUT2D eigenvalue weighted by atomic mass is 10.1. The van der Waals surface area contributed by atoms with Crippen molar-refractivity contribution in [3.63, 3.8) is 0 Å². The summed E-state index contributed by atoms with van der Waals surface area (Å²) < 4.78 is 6.81. The zero-order valence-corrected chi connectivity index (χ0v) is 21.6. The smallest absolute Gasteiger partial charge is 0.341 e. The van der Waals surface area contributed by atoms with Gasteiger partial charge in [-0.05, 0) is 45.7 Å². The van der Waals surface area contributed by atoms with Gasteiger partial charge >= 0.3 is 5.97 Å². The molecule has 0 saturated carbocycles. The fourth-order valence-electron chi connectivity index (χ4n) is 3.24. The van der Waals surface area contributed by atoms with Crippen molar-refractivity contribution >= 4 is 57.2 Å². The molecule has 0 aliphatic rings. The first kappa shape index (κ1) is 24.9. The van der Waals surface area contributed by atoms with Gasteiger partial charge in [0.1, 0.15) is 5.00 Å². The number of esters is 1. The lowest BCUT2D eigenvalue weighted by Crippen LogP contribution is -2.16. The van der Waals surface area contributed by atoms with Crippen molar-refractivity contribution in [2.75, 3.05) is 18.2 Å². The van der Waals surface area contributed by atoms with E-state index in [1.807, 2.05) is 18.4 Å². The number of carbonyl (C=O) groups excluding carboxylic acids is 3. The standard InChI is InChI=1S/C21H25N5O4S3/c1-9(2)26-18(13-7-31-12(5)10(13)3)24-25-21(26)32-8-14(27)23-19-15(20(29)30-6)11(4)16(33-19)17(22)28/h7,9H,8H2,1-6H3,(H2,22,28)(H,23,27). The third kappa shape index (κ3) is 4.97. The van der Waals surface area contributed by atoms with Crippen molar-refractivity contribution in [1.29, 1.82) is 0 Å². The van der Waals surface area contributed by atoms with Crippen LogP contribution in [0.1, 0.15) is 55.9 Å². The van der Waals surface area contributed by atoms with E-state index < -0.39 is 11.9 Å². The first-order chi connectivity index (χ1) is 15.6. The fourth-order valence-corrected chi connectivity index (χ4v) is 6.03. The molecule has 0 fully saturated rings. The molecular formula is C21H25N5O4S3. The molecule has 0 unspecified atom stereocenters. The van der Waals surface area contributed by atoms with Gasteiger partial charge in [0, 0.05) is 21.9 Å². The summed E-state index contributed by atoms with van der Waals surface area (Å²) in [6.45, 7) is 9.79. The highest BCUT2D eigenvalue weighted by atomic mass is 32.2. The van der Waals surface area contributed by atoms with Crippen LogP contribution in [0.4, 0.5) is 5.00 Å². The molecule has 3 heterocycles. The highest BCUT2D eigenvalue weighted by Crippen LogP contribution is 2.35. The van der Waals surface area contributed by atoms with E-state index >= 15 is 0 Å². The Labute approximate surface area is 203 Å². The number of anilines is 1. The van der Waals surface area contributed by atoms with Crippen molar-refractivity contribution in [2.24, 2.45) is 5.73 Å². The average Bonchev–Trinajstić information content (AvgIpc) is 3.42. The summed E-state index contributed by atoms with van der Waals surface area (Å²) >= 11 is 3.86. The van der Waals surface area contributed by atoms with E-state index in [0.29, 0.717) is 10.7 Å². The second kappa shape index (κ2) is 10.1. The summed E-state index contributed by atoms with van der Waals surface area (Å²) in [5.74, 6) is -0.873. The zero-order valence-electron chi connectivity index (χ0n) is 19.1. The molecule has 9 nitrogen and oxygen atoms in total. The van der Waals surface area contributed by atoms with Crippen LogP contribution in [-0.4, -0.2) is 45.4 Å². The SMILES string of the molecule is COC(=O)c1c(NC(=O)CSc2nnc(-c3csc(C)c3C)n2C(C)C)sc(C(N)=O)c1C. The van der Waals surface area contributed by atoms with Crippen LogP contribution in [-0.2, 0) is 9.53 Å². The Kier molecular flexibility index (Phi) is 7.60. The summed E-state index contributed by atoms with van der Waals surface area (Å²) in [5, 5.41) is 14.3. The quantitative estimate of drug-likeness (QED) is 0.345. The minimum absolute atomic E-state index is 0.0377. The van der Waals surface area contributed by atoms with Gasteiger partial charge in [0.25, 0.3) is 5.91 Å². The number of amides is 2. The first-order valence-electron chi connectivity index (χ1n) is 10.0. The Bertz CT molecular complexity index is 1230. The number of rotatable bonds is 8. The Morgan fingerprint density at radius 3 is 2.45 bits per heavy atom. The zero-order chi connectivity index (χ0) is 24.4. The molecule has 0 bridgehead atoms. The van der Waals surface area contributed by atoms with Crippen LogP contribution < -0.4 is 11.1 Å². The Morgan fingerprint density at radius 1 is 1.21 bits per heavy atom. The van der Waals surface area contributed by atoms with E-state index in [-0.39, 0.29) is 33.1 Å². The van der Waals surface area contributed by atoms with Gasteiger partial charge < -0.3 is 15.8 Å². The maximum Gasteiger partial charge on any atom is 0.341 e. The van der Waals surface area contributed by atoms with Crippen LogP contribution in [0.15, 0.2) is 10.5 Å². The minimum atomic E-state index is -0.672. The van der Waals surface area contributed by atoms with E-state index in [0.717, 1.165) is 28.3 Å². The second-order valence-electron chi connectivity index (χ2n) is 7.55. The van der Waals surface area contributed by atoms with E-state index in [1.165, 1.54) is 23.7 Å². The van der Waals surface area contributed by atoms with Crippen molar-refractivity contribution < 1.29 is 19.1 Å². The third-order valence-electron chi connectivity index (χ3n) is 5.05. The predicted molar refractivity (Wildman–Crippen MR) is 131 cm³/mol. The van der Waals surface area contributed by atoms with Crippen molar-refractivity contribution in [2.45, 2.75) is 45.8 Å². The highest BCUT2D eigenvalue weighted by molar-refractivity contribution is 7.99. The minimum Gasteiger partial charge on any atom is -0.465 e. The van der Waals surface area contributed by atoms with Crippen LogP contribution in [0, 0.1) is 20.8 Å². The molecule has 3 aromatic rings. The summed E-state index contributed by atoms with van der Waals surface area (Å²) in [5.41, 5.74) is 8.11. The normalized spacial score (nSPS) is 11.1. The molecule has 12 heteroatoms. The third-order valence-corrected chi connectivity index (χ3v) is 8.23. The molecule has 0 aliphatic heterocycles. The molecule has 3 N–H and O–H groups in total. The summed E-state index contributed by atoms with van der Waals surface area (Å²) in [6, 6.07) is 0.0872. The Hall–Kier alpha value is -2.70. The number of hydrogen-bond donors (Lipinski definition) is 2. The van der Waals surface area contributed by atoms with Crippen molar-refractivity contribution in [1.82, 2.24) is 14.8 Å². The number of thioether (sulfide) groups is 1. The van der Waals surface area contributed by atoms with Crippen LogP contribution in [0.25, 0.3) is 11.4 Å². The summed E-state index contributed by atoms with van der Waals surface area (Å²) in [6.07, 6.45) is 0. The van der Waals surface area contributed by atoms with Gasteiger partial charge in [-0.15, -0.1) is 32.9 Å². The van der Waals surface area contributed by atoms with Crippen LogP contribution >= 0.6 is 34.4 Å². The fraction of sp³-hybridized carbons (Fsp3) is 0.381. The van der Waals surface area contributed by atoms with Gasteiger partial charge in [0.05, 0.1) is 23.3 Å². The average molecular weight is 508 g/mol. The molecule has 33 heavy (non-hydrogen) atoms. The van der Waals surface area contributed by atoms with Crippen molar-refractivity contribution in [3.8, 4) is 11.4 Å². The molecular weight excluding hydrogens is 482 g/mol. The Morgan fingerprint density at radius 2 is 1.91 bits per heavy atom. The molecule has 0 atom stereocenters. The van der Waals surface area contributed by atoms with E-state index in [9.17, 15) is 14.4 Å². The second-order valence-corrected chi connectivity index (χ2v) is 10.6. The molecule has 0 saturated heterocycles. The Balaban J connectivity index is 1.81. The highest BCUT2D eigenvalue weighted by Gasteiger charge is 2.26. The number of carbonyl (C=O) groups is 3. The number of ether oxygens (including phenoxy) is 1. The largest absolute Gasteiger partial charge is 0.465 e. The topological polar surface area (TPSA) is 129 Å². The molecule has 0 spiro atoms. The number of aryl methyl sites for hydroxylation is 1. The molecule has 3 aromatic heterocycles. The van der Waals surface area contributed by atoms with E-state index in [4.69, 9.17) is 10.5 Å². The number of nitrogens with two attached hydrogens (primary N) is 1. The lowest BCUT2D eigenvalue weighted by molar-refractivity contribution is -0.113. The molecule has 0 radical (unpaired) electrons. The summed E-state index contributed by atoms with van der Waals surface area (Å²) in [4.78, 5) is 38.0. The van der Waals surface area contributed by atoms with Crippen LogP contribution in [0.2, 0.25) is 0 Å².